The molecular formula is C17H7F5N2. The second-order valence-corrected chi connectivity index (χ2v) is 4.92. The molecule has 0 atom stereocenters. The van der Waals surface area contributed by atoms with E-state index < -0.39 is 34.6 Å². The van der Waals surface area contributed by atoms with Crippen LogP contribution in [0.25, 0.3) is 22.6 Å². The highest BCUT2D eigenvalue weighted by molar-refractivity contribution is 5.93. The Bertz CT molecular complexity index is 965. The van der Waals surface area contributed by atoms with Gasteiger partial charge in [-0.15, -0.1) is 0 Å². The summed E-state index contributed by atoms with van der Waals surface area (Å²) in [5.74, 6) is -10.3. The van der Waals surface area contributed by atoms with Crippen LogP contribution in [-0.2, 0) is 0 Å². The van der Waals surface area contributed by atoms with Gasteiger partial charge in [-0.2, -0.15) is 5.26 Å². The first-order valence-corrected chi connectivity index (χ1v) is 6.65. The predicted molar refractivity (Wildman–Crippen MR) is 78.0 cm³/mol. The summed E-state index contributed by atoms with van der Waals surface area (Å²) in [5.41, 5.74) is -0.579. The zero-order chi connectivity index (χ0) is 17.4. The summed E-state index contributed by atoms with van der Waals surface area (Å²) in [6.45, 7) is 0. The summed E-state index contributed by atoms with van der Waals surface area (Å²) < 4.78 is 67.0. The Labute approximate surface area is 132 Å². The maximum Gasteiger partial charge on any atom is 0.200 e. The van der Waals surface area contributed by atoms with Crippen LogP contribution in [0.1, 0.15) is 11.3 Å². The van der Waals surface area contributed by atoms with Crippen LogP contribution < -0.4 is 0 Å². The van der Waals surface area contributed by atoms with Crippen molar-refractivity contribution < 1.29 is 22.0 Å². The van der Waals surface area contributed by atoms with Gasteiger partial charge >= 0.3 is 0 Å². The molecule has 0 amide bonds. The van der Waals surface area contributed by atoms with Gasteiger partial charge in [0.25, 0.3) is 0 Å². The lowest BCUT2D eigenvalue weighted by Gasteiger charge is -2.05. The molecule has 0 bridgehead atoms. The number of rotatable bonds is 2. The number of aromatic nitrogens is 1. The molecule has 0 aliphatic heterocycles. The molecule has 1 heterocycles. The molecule has 0 aliphatic rings. The molecular weight excluding hydrogens is 327 g/mol. The van der Waals surface area contributed by atoms with Gasteiger partial charge in [0, 0.05) is 10.9 Å². The lowest BCUT2D eigenvalue weighted by atomic mass is 10.1. The van der Waals surface area contributed by atoms with Crippen LogP contribution in [0.2, 0.25) is 0 Å². The predicted octanol–water partition coefficient (Wildman–Crippen LogP) is 4.93. The van der Waals surface area contributed by atoms with E-state index in [1.165, 1.54) is 6.07 Å². The average Bonchev–Trinajstić information content (AvgIpc) is 3.02. The smallest absolute Gasteiger partial charge is 0.200 e. The Balaban J connectivity index is 2.21. The van der Waals surface area contributed by atoms with Crippen molar-refractivity contribution in [2.75, 3.05) is 0 Å². The van der Waals surface area contributed by atoms with Gasteiger partial charge in [0.15, 0.2) is 23.3 Å². The summed E-state index contributed by atoms with van der Waals surface area (Å²) in [7, 11) is 0. The number of allylic oxidation sites excluding steroid dienone is 1. The Hall–Kier alpha value is -3.14. The third-order valence-corrected chi connectivity index (χ3v) is 3.47. The Morgan fingerprint density at radius 1 is 0.917 bits per heavy atom. The van der Waals surface area contributed by atoms with E-state index in [2.05, 4.69) is 4.98 Å². The molecule has 0 unspecified atom stereocenters. The summed E-state index contributed by atoms with van der Waals surface area (Å²) >= 11 is 0. The zero-order valence-corrected chi connectivity index (χ0v) is 11.8. The SMILES string of the molecule is N#C/C(=C\c1c(F)c(F)c(F)c(F)c1F)c1cc2ccccc2[nH]1. The summed E-state index contributed by atoms with van der Waals surface area (Å²) in [6.07, 6.45) is 0.626. The summed E-state index contributed by atoms with van der Waals surface area (Å²) in [6, 6.07) is 10.2. The van der Waals surface area contributed by atoms with Crippen molar-refractivity contribution >= 4 is 22.6 Å². The van der Waals surface area contributed by atoms with E-state index in [1.54, 1.807) is 30.3 Å². The number of hydrogen-bond donors (Lipinski definition) is 1. The maximum absolute atomic E-state index is 13.7. The minimum absolute atomic E-state index is 0.197. The van der Waals surface area contributed by atoms with Crippen molar-refractivity contribution in [3.05, 3.63) is 70.7 Å². The van der Waals surface area contributed by atoms with Crippen molar-refractivity contribution in [2.45, 2.75) is 0 Å². The molecule has 2 nitrogen and oxygen atoms in total. The standard InChI is InChI=1S/C17H7F5N2/c18-13-10(14(19)16(21)17(22)15(13)20)5-9(7-23)12-6-8-3-1-2-4-11(8)24-12/h1-6,24H/b9-5+. The van der Waals surface area contributed by atoms with E-state index in [4.69, 9.17) is 0 Å². The summed E-state index contributed by atoms with van der Waals surface area (Å²) in [5, 5.41) is 9.92. The molecule has 2 aromatic carbocycles. The molecule has 0 saturated heterocycles. The number of nitrogens with one attached hydrogen (secondary N) is 1. The molecule has 120 valence electrons. The van der Waals surface area contributed by atoms with Gasteiger partial charge in [-0.1, -0.05) is 18.2 Å². The lowest BCUT2D eigenvalue weighted by Crippen LogP contribution is -2.04. The van der Waals surface area contributed by atoms with Gasteiger partial charge in [0.05, 0.1) is 16.8 Å². The van der Waals surface area contributed by atoms with Crippen LogP contribution >= 0.6 is 0 Å². The van der Waals surface area contributed by atoms with Gasteiger partial charge in [-0.25, -0.2) is 22.0 Å². The van der Waals surface area contributed by atoms with Crippen LogP contribution in [-0.4, -0.2) is 4.98 Å². The Morgan fingerprint density at radius 3 is 2.08 bits per heavy atom. The maximum atomic E-state index is 13.7. The fraction of sp³-hybridized carbons (Fsp3) is 0. The van der Waals surface area contributed by atoms with Crippen LogP contribution in [0.4, 0.5) is 22.0 Å². The van der Waals surface area contributed by atoms with Crippen LogP contribution in [0, 0.1) is 40.4 Å². The van der Waals surface area contributed by atoms with E-state index in [-0.39, 0.29) is 11.3 Å². The second kappa shape index (κ2) is 5.81. The second-order valence-electron chi connectivity index (χ2n) is 4.92. The van der Waals surface area contributed by atoms with E-state index >= 15 is 0 Å². The van der Waals surface area contributed by atoms with Crippen LogP contribution in [0.15, 0.2) is 30.3 Å². The first-order chi connectivity index (χ1) is 11.4. The highest BCUT2D eigenvalue weighted by Crippen LogP contribution is 2.28. The number of nitrogens with zero attached hydrogens (tertiary/aromatic N) is 1. The quantitative estimate of drug-likeness (QED) is 0.307. The molecule has 24 heavy (non-hydrogen) atoms. The number of halogens is 5. The first-order valence-electron chi connectivity index (χ1n) is 6.65. The number of para-hydroxylation sites is 1. The molecule has 3 rings (SSSR count). The molecule has 0 aliphatic carbocycles. The third-order valence-electron chi connectivity index (χ3n) is 3.47. The van der Waals surface area contributed by atoms with E-state index in [9.17, 15) is 27.2 Å². The molecule has 3 aromatic rings. The van der Waals surface area contributed by atoms with Crippen molar-refractivity contribution in [1.29, 1.82) is 5.26 Å². The number of fused-ring (bicyclic) bond motifs is 1. The average molecular weight is 334 g/mol. The van der Waals surface area contributed by atoms with Crippen LogP contribution in [0.3, 0.4) is 0 Å². The van der Waals surface area contributed by atoms with Crippen LogP contribution in [0.5, 0.6) is 0 Å². The minimum atomic E-state index is -2.24. The molecule has 0 spiro atoms. The molecule has 1 N–H and O–H groups in total. The van der Waals surface area contributed by atoms with E-state index in [0.29, 0.717) is 11.6 Å². The highest BCUT2D eigenvalue weighted by atomic mass is 19.2. The topological polar surface area (TPSA) is 39.6 Å². The van der Waals surface area contributed by atoms with Gasteiger partial charge in [0.1, 0.15) is 6.07 Å². The minimum Gasteiger partial charge on any atom is -0.354 e. The first kappa shape index (κ1) is 15.7. The number of nitriles is 1. The Kier molecular flexibility index (Phi) is 3.81. The van der Waals surface area contributed by atoms with Crippen molar-refractivity contribution in [2.24, 2.45) is 0 Å². The largest absolute Gasteiger partial charge is 0.354 e. The van der Waals surface area contributed by atoms with E-state index in [0.717, 1.165) is 5.39 Å². The number of aromatic amines is 1. The van der Waals surface area contributed by atoms with E-state index in [1.807, 2.05) is 0 Å². The fourth-order valence-electron chi connectivity index (χ4n) is 2.28. The molecule has 7 heteroatoms. The number of hydrogen-bond acceptors (Lipinski definition) is 1. The third kappa shape index (κ3) is 2.42. The lowest BCUT2D eigenvalue weighted by molar-refractivity contribution is 0.377. The van der Waals surface area contributed by atoms with Crippen molar-refractivity contribution in [3.8, 4) is 6.07 Å². The van der Waals surface area contributed by atoms with Gasteiger partial charge < -0.3 is 4.98 Å². The van der Waals surface area contributed by atoms with Gasteiger partial charge in [-0.3, -0.25) is 0 Å². The van der Waals surface area contributed by atoms with Gasteiger partial charge in [-0.05, 0) is 18.2 Å². The number of benzene rings is 2. The Morgan fingerprint density at radius 2 is 1.50 bits per heavy atom. The fourth-order valence-corrected chi connectivity index (χ4v) is 2.28. The highest BCUT2D eigenvalue weighted by Gasteiger charge is 2.25. The molecule has 0 radical (unpaired) electrons. The molecule has 0 fully saturated rings. The molecule has 0 saturated carbocycles. The summed E-state index contributed by atoms with van der Waals surface area (Å²) in [4.78, 5) is 2.85. The number of H-pyrrole nitrogens is 1. The van der Waals surface area contributed by atoms with Crippen molar-refractivity contribution in [3.63, 3.8) is 0 Å². The monoisotopic (exact) mass is 334 g/mol. The van der Waals surface area contributed by atoms with Gasteiger partial charge in [0.2, 0.25) is 5.82 Å². The normalized spacial score (nSPS) is 11.8. The molecule has 1 aromatic heterocycles. The van der Waals surface area contributed by atoms with Crippen molar-refractivity contribution in [1.82, 2.24) is 4.98 Å². The zero-order valence-electron chi connectivity index (χ0n) is 11.8.